The lowest BCUT2D eigenvalue weighted by Gasteiger charge is -2.11. The predicted octanol–water partition coefficient (Wildman–Crippen LogP) is 2.21. The smallest absolute Gasteiger partial charge is 0.335 e. The molecule has 0 atom stereocenters. The van der Waals surface area contributed by atoms with Crippen LogP contribution in [0.4, 0.5) is 11.4 Å². The molecule has 90 valence electrons. The molecule has 1 saturated heterocycles. The molecule has 0 bridgehead atoms. The lowest BCUT2D eigenvalue weighted by atomic mass is 10.1. The van der Waals surface area contributed by atoms with Crippen LogP contribution in [0.3, 0.4) is 0 Å². The number of nitrogen functional groups attached to an aromatic ring is 1. The summed E-state index contributed by atoms with van der Waals surface area (Å²) in [5.74, 6) is -0.235. The Morgan fingerprint density at radius 1 is 1.47 bits per heavy atom. The SMILES string of the molecule is C/C(Nc1ccc(C)cc1N)=C1\CCOC1=O. The number of esters is 1. The van der Waals surface area contributed by atoms with E-state index in [0.29, 0.717) is 24.3 Å². The molecule has 1 heterocycles. The van der Waals surface area contributed by atoms with E-state index in [-0.39, 0.29) is 5.97 Å². The first kappa shape index (κ1) is 11.5. The van der Waals surface area contributed by atoms with Crippen LogP contribution in [0.5, 0.6) is 0 Å². The molecular formula is C13H16N2O2. The molecule has 0 unspecified atom stereocenters. The second-order valence-corrected chi connectivity index (χ2v) is 4.21. The third-order valence-electron chi connectivity index (χ3n) is 2.81. The Morgan fingerprint density at radius 2 is 2.24 bits per heavy atom. The van der Waals surface area contributed by atoms with E-state index in [1.165, 1.54) is 0 Å². The fourth-order valence-corrected chi connectivity index (χ4v) is 1.85. The molecule has 4 heteroatoms. The predicted molar refractivity (Wildman–Crippen MR) is 67.5 cm³/mol. The molecule has 0 spiro atoms. The van der Waals surface area contributed by atoms with Crippen molar-refractivity contribution in [3.63, 3.8) is 0 Å². The number of nitrogens with one attached hydrogen (secondary N) is 1. The molecule has 4 nitrogen and oxygen atoms in total. The second-order valence-electron chi connectivity index (χ2n) is 4.21. The standard InChI is InChI=1S/C13H16N2O2/c1-8-3-4-12(11(14)7-8)15-9(2)10-5-6-17-13(10)16/h3-4,7,15H,5-6,14H2,1-2H3/b10-9-. The zero-order valence-electron chi connectivity index (χ0n) is 10.0. The van der Waals surface area contributed by atoms with Gasteiger partial charge in [0, 0.05) is 12.1 Å². The summed E-state index contributed by atoms with van der Waals surface area (Å²) in [5.41, 5.74) is 10.0. The van der Waals surface area contributed by atoms with Crippen LogP contribution < -0.4 is 11.1 Å². The van der Waals surface area contributed by atoms with Crippen molar-refractivity contribution in [2.45, 2.75) is 20.3 Å². The second kappa shape index (κ2) is 4.49. The Morgan fingerprint density at radius 3 is 2.82 bits per heavy atom. The maximum atomic E-state index is 11.4. The molecule has 1 fully saturated rings. The molecular weight excluding hydrogens is 216 g/mol. The summed E-state index contributed by atoms with van der Waals surface area (Å²) < 4.78 is 4.91. The fourth-order valence-electron chi connectivity index (χ4n) is 1.85. The summed E-state index contributed by atoms with van der Waals surface area (Å²) in [7, 11) is 0. The first-order valence-electron chi connectivity index (χ1n) is 5.58. The van der Waals surface area contributed by atoms with Crippen LogP contribution in [-0.4, -0.2) is 12.6 Å². The van der Waals surface area contributed by atoms with Gasteiger partial charge in [-0.3, -0.25) is 0 Å². The molecule has 0 amide bonds. The summed E-state index contributed by atoms with van der Waals surface area (Å²) in [6.07, 6.45) is 0.656. The largest absolute Gasteiger partial charge is 0.462 e. The number of cyclic esters (lactones) is 1. The van der Waals surface area contributed by atoms with Gasteiger partial charge in [0.15, 0.2) is 0 Å². The number of carbonyl (C=O) groups excluding carboxylic acids is 1. The summed E-state index contributed by atoms with van der Waals surface area (Å²) in [6.45, 7) is 4.32. The van der Waals surface area contributed by atoms with Gasteiger partial charge in [-0.1, -0.05) is 6.07 Å². The lowest BCUT2D eigenvalue weighted by molar-refractivity contribution is -0.135. The van der Waals surface area contributed by atoms with Crippen molar-refractivity contribution in [1.29, 1.82) is 0 Å². The van der Waals surface area contributed by atoms with E-state index < -0.39 is 0 Å². The number of ether oxygens (including phenoxy) is 1. The van der Waals surface area contributed by atoms with E-state index in [9.17, 15) is 4.79 Å². The highest BCUT2D eigenvalue weighted by Crippen LogP contribution is 2.24. The van der Waals surface area contributed by atoms with E-state index in [2.05, 4.69) is 5.32 Å². The lowest BCUT2D eigenvalue weighted by Crippen LogP contribution is -2.06. The first-order valence-corrected chi connectivity index (χ1v) is 5.58. The van der Waals surface area contributed by atoms with E-state index in [4.69, 9.17) is 10.5 Å². The van der Waals surface area contributed by atoms with Gasteiger partial charge < -0.3 is 15.8 Å². The Bertz CT molecular complexity index is 492. The minimum atomic E-state index is -0.235. The monoisotopic (exact) mass is 232 g/mol. The molecule has 17 heavy (non-hydrogen) atoms. The van der Waals surface area contributed by atoms with Gasteiger partial charge in [0.05, 0.1) is 23.6 Å². The minimum absolute atomic E-state index is 0.235. The van der Waals surface area contributed by atoms with Crippen molar-refractivity contribution in [3.05, 3.63) is 35.0 Å². The molecule has 1 aliphatic rings. The van der Waals surface area contributed by atoms with Gasteiger partial charge in [0.2, 0.25) is 0 Å². The number of carbonyl (C=O) groups is 1. The Hall–Kier alpha value is -1.97. The van der Waals surface area contributed by atoms with E-state index >= 15 is 0 Å². The van der Waals surface area contributed by atoms with Crippen LogP contribution in [0.1, 0.15) is 18.9 Å². The van der Waals surface area contributed by atoms with Gasteiger partial charge in [0.1, 0.15) is 0 Å². The van der Waals surface area contributed by atoms with Gasteiger partial charge in [-0.05, 0) is 31.5 Å². The van der Waals surface area contributed by atoms with Crippen molar-refractivity contribution < 1.29 is 9.53 Å². The maximum Gasteiger partial charge on any atom is 0.335 e. The van der Waals surface area contributed by atoms with Crippen LogP contribution in [0.2, 0.25) is 0 Å². The van der Waals surface area contributed by atoms with Crippen LogP contribution >= 0.6 is 0 Å². The highest BCUT2D eigenvalue weighted by atomic mass is 16.5. The van der Waals surface area contributed by atoms with Crippen molar-refractivity contribution in [2.24, 2.45) is 0 Å². The summed E-state index contributed by atoms with van der Waals surface area (Å²) in [6, 6.07) is 5.78. The number of benzene rings is 1. The number of allylic oxidation sites excluding steroid dienone is 1. The van der Waals surface area contributed by atoms with Gasteiger partial charge in [-0.25, -0.2) is 4.79 Å². The van der Waals surface area contributed by atoms with Crippen molar-refractivity contribution in [2.75, 3.05) is 17.7 Å². The summed E-state index contributed by atoms with van der Waals surface area (Å²) in [5, 5.41) is 3.16. The van der Waals surface area contributed by atoms with Gasteiger partial charge >= 0.3 is 5.97 Å². The molecule has 0 radical (unpaired) electrons. The third-order valence-corrected chi connectivity index (χ3v) is 2.81. The Labute approximate surface area is 100 Å². The quantitative estimate of drug-likeness (QED) is 0.466. The molecule has 0 saturated carbocycles. The number of rotatable bonds is 2. The normalized spacial score (nSPS) is 17.9. The van der Waals surface area contributed by atoms with Gasteiger partial charge in [-0.15, -0.1) is 0 Å². The average Bonchev–Trinajstić information content (AvgIpc) is 2.68. The van der Waals surface area contributed by atoms with Crippen molar-refractivity contribution in [1.82, 2.24) is 0 Å². The van der Waals surface area contributed by atoms with Gasteiger partial charge in [0.25, 0.3) is 0 Å². The zero-order chi connectivity index (χ0) is 12.4. The van der Waals surface area contributed by atoms with Crippen LogP contribution in [0.25, 0.3) is 0 Å². The molecule has 3 N–H and O–H groups in total. The highest BCUT2D eigenvalue weighted by molar-refractivity contribution is 5.91. The number of nitrogens with two attached hydrogens (primary N) is 1. The van der Waals surface area contributed by atoms with Crippen LogP contribution in [-0.2, 0) is 9.53 Å². The number of hydrogen-bond acceptors (Lipinski definition) is 4. The topological polar surface area (TPSA) is 64.3 Å². The van der Waals surface area contributed by atoms with Gasteiger partial charge in [-0.2, -0.15) is 0 Å². The zero-order valence-corrected chi connectivity index (χ0v) is 10.0. The number of aryl methyl sites for hydroxylation is 1. The Kier molecular flexibility index (Phi) is 3.04. The van der Waals surface area contributed by atoms with E-state index in [0.717, 1.165) is 16.9 Å². The van der Waals surface area contributed by atoms with E-state index in [1.54, 1.807) is 0 Å². The number of hydrogen-bond donors (Lipinski definition) is 2. The highest BCUT2D eigenvalue weighted by Gasteiger charge is 2.21. The minimum Gasteiger partial charge on any atom is -0.462 e. The maximum absolute atomic E-state index is 11.4. The molecule has 1 aromatic carbocycles. The van der Waals surface area contributed by atoms with Crippen molar-refractivity contribution in [3.8, 4) is 0 Å². The van der Waals surface area contributed by atoms with Crippen molar-refractivity contribution >= 4 is 17.3 Å². The Balaban J connectivity index is 2.23. The molecule has 2 rings (SSSR count). The van der Waals surface area contributed by atoms with Crippen LogP contribution in [0, 0.1) is 6.92 Å². The number of anilines is 2. The summed E-state index contributed by atoms with van der Waals surface area (Å²) >= 11 is 0. The summed E-state index contributed by atoms with van der Waals surface area (Å²) in [4.78, 5) is 11.4. The third kappa shape index (κ3) is 2.41. The molecule has 0 aliphatic carbocycles. The fraction of sp³-hybridized carbons (Fsp3) is 0.308. The average molecular weight is 232 g/mol. The van der Waals surface area contributed by atoms with E-state index in [1.807, 2.05) is 32.0 Å². The first-order chi connectivity index (χ1) is 8.08. The molecule has 1 aromatic rings. The molecule has 0 aromatic heterocycles. The van der Waals surface area contributed by atoms with Crippen LogP contribution in [0.15, 0.2) is 29.5 Å². The molecule has 1 aliphatic heterocycles.